The van der Waals surface area contributed by atoms with Gasteiger partial charge in [-0.25, -0.2) is 14.1 Å². The number of amides is 1. The smallest absolute Gasteiger partial charge is 0.259 e. The second-order valence-corrected chi connectivity index (χ2v) is 12.2. The lowest BCUT2D eigenvalue weighted by molar-refractivity contribution is -0.117. The molecule has 0 saturated carbocycles. The predicted octanol–water partition coefficient (Wildman–Crippen LogP) is 4.73. The van der Waals surface area contributed by atoms with Gasteiger partial charge in [-0.15, -0.1) is 0 Å². The zero-order valence-electron chi connectivity index (χ0n) is 24.1. The van der Waals surface area contributed by atoms with Crippen molar-refractivity contribution in [1.82, 2.24) is 14.9 Å². The minimum Gasteiger partial charge on any atom is -0.378 e. The first-order valence-electron chi connectivity index (χ1n) is 13.4. The van der Waals surface area contributed by atoms with Crippen LogP contribution in [0.4, 0.5) is 4.39 Å². The quantitative estimate of drug-likeness (QED) is 0.214. The van der Waals surface area contributed by atoms with Crippen LogP contribution in [0.25, 0.3) is 0 Å². The lowest BCUT2D eigenvalue weighted by Crippen LogP contribution is -2.42. The second kappa shape index (κ2) is 16.8. The molecule has 1 saturated heterocycles. The van der Waals surface area contributed by atoms with Crippen LogP contribution in [0.15, 0.2) is 29.7 Å². The molecule has 39 heavy (non-hydrogen) atoms. The number of thioether (sulfide) groups is 1. The van der Waals surface area contributed by atoms with E-state index in [0.717, 1.165) is 0 Å². The lowest BCUT2D eigenvalue weighted by atomic mass is 10.1. The number of ether oxygens (including phenoxy) is 2. The Morgan fingerprint density at radius 1 is 1.26 bits per heavy atom. The summed E-state index contributed by atoms with van der Waals surface area (Å²) in [6.45, 7) is 18.3. The first kappa shape index (κ1) is 33.8. The van der Waals surface area contributed by atoms with Gasteiger partial charge in [0.1, 0.15) is 17.8 Å². The maximum Gasteiger partial charge on any atom is 0.259 e. The molecule has 2 heterocycles. The number of carbonyl (C=O) groups excluding carboxylic acids is 2. The van der Waals surface area contributed by atoms with Crippen LogP contribution in [-0.2, 0) is 28.1 Å². The van der Waals surface area contributed by atoms with Gasteiger partial charge in [0.05, 0.1) is 25.9 Å². The van der Waals surface area contributed by atoms with Crippen LogP contribution in [-0.4, -0.2) is 88.7 Å². The van der Waals surface area contributed by atoms with E-state index in [9.17, 15) is 9.59 Å². The highest BCUT2D eigenvalue weighted by Gasteiger charge is 2.50. The Bertz CT molecular complexity index is 885. The minimum atomic E-state index is -1.64. The average molecular weight is 591 g/mol. The van der Waals surface area contributed by atoms with Gasteiger partial charge in [0.25, 0.3) is 8.53 Å². The van der Waals surface area contributed by atoms with Crippen LogP contribution < -0.4 is 5.32 Å². The Balaban J connectivity index is 2.07. The molecule has 2 rings (SSSR count). The van der Waals surface area contributed by atoms with Crippen LogP contribution in [0.5, 0.6) is 0 Å². The van der Waals surface area contributed by atoms with Crippen molar-refractivity contribution in [3.63, 3.8) is 0 Å². The summed E-state index contributed by atoms with van der Waals surface area (Å²) in [7, 11) is -1.64. The van der Waals surface area contributed by atoms with E-state index in [1.54, 1.807) is 12.3 Å². The number of aliphatic imine (C=N–C) groups is 1. The molecule has 0 spiro atoms. The van der Waals surface area contributed by atoms with E-state index < -0.39 is 33.1 Å². The van der Waals surface area contributed by atoms with Crippen molar-refractivity contribution in [3.05, 3.63) is 24.7 Å². The largest absolute Gasteiger partial charge is 0.378 e. The van der Waals surface area contributed by atoms with Crippen molar-refractivity contribution in [3.8, 4) is 0 Å². The highest BCUT2D eigenvalue weighted by atomic mass is 32.2. The zero-order valence-corrected chi connectivity index (χ0v) is 25.8. The van der Waals surface area contributed by atoms with Crippen molar-refractivity contribution < 1.29 is 32.5 Å². The lowest BCUT2D eigenvalue weighted by Gasteiger charge is -2.37. The van der Waals surface area contributed by atoms with Gasteiger partial charge >= 0.3 is 0 Å². The molecule has 13 heteroatoms. The standard InChI is InChI=1S/C26H44FN4O6PS/c1-9-21-25(24(27)26(36-21)30-12-11-22(28-19(30)7)29-20(8)32)37-38(31(17(3)4)18(5)6)35-14-13-34-15-16-39-23(33)10-2/h11-12,17-18,21,24-26H,7,9-10,13-16H2,1-6,8H3,(H,28,29,32)/t21-,24+,25?,26-,38?/m1/s1. The third-order valence-corrected chi connectivity index (χ3v) is 8.97. The average Bonchev–Trinajstić information content (AvgIpc) is 3.17. The molecule has 0 aromatic rings. The summed E-state index contributed by atoms with van der Waals surface area (Å²) in [6, 6.07) is 0.187. The molecule has 0 aromatic carbocycles. The molecular formula is C26H44FN4O6PS. The van der Waals surface area contributed by atoms with Crippen LogP contribution >= 0.6 is 20.3 Å². The van der Waals surface area contributed by atoms with E-state index in [-0.39, 0.29) is 35.5 Å². The Labute approximate surface area is 237 Å². The van der Waals surface area contributed by atoms with Gasteiger partial charge in [0, 0.05) is 37.4 Å². The summed E-state index contributed by atoms with van der Waals surface area (Å²) in [6.07, 6.45) is 0.349. The summed E-state index contributed by atoms with van der Waals surface area (Å²) >= 11 is 1.26. The van der Waals surface area contributed by atoms with Crippen molar-refractivity contribution in [1.29, 1.82) is 0 Å². The molecule has 222 valence electrons. The van der Waals surface area contributed by atoms with Gasteiger partial charge in [-0.1, -0.05) is 32.2 Å². The molecule has 0 aromatic heterocycles. The summed E-state index contributed by atoms with van der Waals surface area (Å²) in [5.41, 5.74) is 0. The number of halogens is 1. The number of carbonyl (C=O) groups is 2. The van der Waals surface area contributed by atoms with Crippen LogP contribution in [0.3, 0.4) is 0 Å². The van der Waals surface area contributed by atoms with Crippen LogP contribution in [0.2, 0.25) is 0 Å². The molecule has 0 bridgehead atoms. The molecule has 0 aliphatic carbocycles. The molecule has 1 N–H and O–H groups in total. The monoisotopic (exact) mass is 590 g/mol. The molecule has 1 amide bonds. The maximum atomic E-state index is 16.0. The highest BCUT2D eigenvalue weighted by molar-refractivity contribution is 8.13. The number of rotatable bonds is 15. The zero-order chi connectivity index (χ0) is 29.1. The first-order valence-corrected chi connectivity index (χ1v) is 15.5. The summed E-state index contributed by atoms with van der Waals surface area (Å²) in [5, 5.41) is 2.74. The third-order valence-electron chi connectivity index (χ3n) is 5.86. The van der Waals surface area contributed by atoms with E-state index in [2.05, 4.69) is 21.6 Å². The van der Waals surface area contributed by atoms with E-state index in [1.165, 1.54) is 23.6 Å². The van der Waals surface area contributed by atoms with Gasteiger partial charge < -0.3 is 28.7 Å². The molecule has 10 nitrogen and oxygen atoms in total. The number of amidine groups is 1. The van der Waals surface area contributed by atoms with Crippen molar-refractivity contribution in [2.24, 2.45) is 4.99 Å². The van der Waals surface area contributed by atoms with Crippen molar-refractivity contribution in [2.75, 3.05) is 25.6 Å². The number of hydrogen-bond acceptors (Lipinski definition) is 10. The molecule has 0 radical (unpaired) electrons. The van der Waals surface area contributed by atoms with Crippen LogP contribution in [0.1, 0.15) is 61.3 Å². The Morgan fingerprint density at radius 2 is 1.95 bits per heavy atom. The Hall–Kier alpha value is -1.40. The Kier molecular flexibility index (Phi) is 14.5. The third kappa shape index (κ3) is 10.2. The van der Waals surface area contributed by atoms with Gasteiger partial charge in [-0.3, -0.25) is 9.59 Å². The van der Waals surface area contributed by atoms with Gasteiger partial charge in [0.15, 0.2) is 17.5 Å². The van der Waals surface area contributed by atoms with E-state index in [1.807, 2.05) is 41.5 Å². The number of alkyl halides is 1. The molecule has 5 atom stereocenters. The fraction of sp³-hybridized carbons (Fsp3) is 0.731. The SMILES string of the molecule is C=C1N=C(NC(C)=O)C=CN1[C@@H]1O[C@H](CC)C(OP(OCCOCCSC(=O)CC)N(C(C)C)C(C)C)[C@@H]1F. The van der Waals surface area contributed by atoms with Gasteiger partial charge in [-0.05, 0) is 40.2 Å². The highest BCUT2D eigenvalue weighted by Crippen LogP contribution is 2.50. The number of nitrogens with zero attached hydrogens (tertiary/aromatic N) is 3. The molecule has 2 unspecified atom stereocenters. The molecular weight excluding hydrogens is 546 g/mol. The van der Waals surface area contributed by atoms with Crippen LogP contribution in [0, 0.1) is 0 Å². The number of nitrogens with one attached hydrogen (secondary N) is 1. The number of hydrogen-bond donors (Lipinski definition) is 1. The molecule has 2 aliphatic rings. The predicted molar refractivity (Wildman–Crippen MR) is 154 cm³/mol. The fourth-order valence-electron chi connectivity index (χ4n) is 4.15. The normalized spacial score (nSPS) is 24.1. The second-order valence-electron chi connectivity index (χ2n) is 9.63. The fourth-order valence-corrected chi connectivity index (χ4v) is 6.53. The van der Waals surface area contributed by atoms with E-state index >= 15 is 4.39 Å². The minimum absolute atomic E-state index is 0.0936. The van der Waals surface area contributed by atoms with Crippen molar-refractivity contribution in [2.45, 2.75) is 98.0 Å². The van der Waals surface area contributed by atoms with Crippen molar-refractivity contribution >= 4 is 37.1 Å². The topological polar surface area (TPSA) is 102 Å². The maximum absolute atomic E-state index is 16.0. The van der Waals surface area contributed by atoms with Gasteiger partial charge in [0.2, 0.25) is 5.91 Å². The van der Waals surface area contributed by atoms with E-state index in [0.29, 0.717) is 37.6 Å². The first-order chi connectivity index (χ1) is 18.5. The summed E-state index contributed by atoms with van der Waals surface area (Å²) in [4.78, 5) is 28.6. The summed E-state index contributed by atoms with van der Waals surface area (Å²) in [5.74, 6) is 0.918. The molecule has 1 fully saturated rings. The molecule has 2 aliphatic heterocycles. The van der Waals surface area contributed by atoms with E-state index in [4.69, 9.17) is 18.5 Å². The van der Waals surface area contributed by atoms with Gasteiger partial charge in [-0.2, -0.15) is 0 Å². The Morgan fingerprint density at radius 3 is 2.51 bits per heavy atom. The summed E-state index contributed by atoms with van der Waals surface area (Å²) < 4.78 is 42.4.